The number of rotatable bonds is 4. The fraction of sp³-hybridized carbons (Fsp3) is 0.667. The summed E-state index contributed by atoms with van der Waals surface area (Å²) in [7, 11) is 1.49. The van der Waals surface area contributed by atoms with Gasteiger partial charge in [-0.05, 0) is 50.5 Å². The van der Waals surface area contributed by atoms with Crippen molar-refractivity contribution in [3.63, 3.8) is 0 Å². The number of hydrogen-bond donors (Lipinski definition) is 2. The van der Waals surface area contributed by atoms with Crippen molar-refractivity contribution in [2.45, 2.75) is 71.2 Å². The smallest absolute Gasteiger partial charge is 0.340 e. The lowest BCUT2D eigenvalue weighted by atomic mass is 9.53. The van der Waals surface area contributed by atoms with E-state index >= 15 is 0 Å². The molecule has 2 saturated heterocycles. The molecular weight excluding hydrogens is 466 g/mol. The number of allylic oxidation sites excluding steroid dienone is 1. The number of nitrogens with zero attached hydrogens (tertiary/aromatic N) is 1. The number of cyclic esters (lactones) is 1. The van der Waals surface area contributed by atoms with Crippen LogP contribution >= 0.6 is 0 Å². The zero-order valence-corrected chi connectivity index (χ0v) is 21.3. The molecule has 3 fully saturated rings. The van der Waals surface area contributed by atoms with Crippen LogP contribution in [-0.4, -0.2) is 78.0 Å². The van der Waals surface area contributed by atoms with Crippen molar-refractivity contribution >= 4 is 17.7 Å². The Kier molecular flexibility index (Phi) is 6.07. The Balaban J connectivity index is 1.76. The number of fused-ring (bicyclic) bond motifs is 4. The van der Waals surface area contributed by atoms with Crippen LogP contribution in [0.3, 0.4) is 0 Å². The van der Waals surface area contributed by atoms with Crippen molar-refractivity contribution in [2.24, 2.45) is 16.7 Å². The number of carbonyl (C=O) groups is 3. The number of esters is 2. The lowest BCUT2D eigenvalue weighted by molar-refractivity contribution is -0.161. The van der Waals surface area contributed by atoms with Crippen LogP contribution in [0.1, 0.15) is 52.9 Å². The first kappa shape index (κ1) is 25.0. The van der Waals surface area contributed by atoms with Gasteiger partial charge in [-0.2, -0.15) is 0 Å². The standard InChI is InChI=1S/C27H35NO8/c1-14(29)35-17-11-26(2)16(7-8-18(26)30)20-22(17)27(3)19(13-34-4)36-25(33)15(12-28-9-5-6-10-28)21(27)24(32)23(20)31/h12,16-19,30,32H,5-11,13H2,1-4H3/b15-12-/t16-,17+,18?,19+,26-,27-/m0/s1. The Morgan fingerprint density at radius 2 is 1.92 bits per heavy atom. The molecule has 0 aromatic heterocycles. The summed E-state index contributed by atoms with van der Waals surface area (Å²) in [6.45, 7) is 6.61. The minimum absolute atomic E-state index is 0.0261. The van der Waals surface area contributed by atoms with E-state index in [4.69, 9.17) is 14.2 Å². The molecule has 5 rings (SSSR count). The Morgan fingerprint density at radius 1 is 1.22 bits per heavy atom. The molecule has 0 aromatic rings. The third kappa shape index (κ3) is 3.46. The maximum atomic E-state index is 13.9. The van der Waals surface area contributed by atoms with Crippen LogP contribution in [0, 0.1) is 16.7 Å². The lowest BCUT2D eigenvalue weighted by Crippen LogP contribution is -2.57. The number of likely N-dealkylation sites (tertiary alicyclic amines) is 1. The second-order valence-electron chi connectivity index (χ2n) is 11.2. The van der Waals surface area contributed by atoms with Crippen molar-refractivity contribution in [1.82, 2.24) is 4.90 Å². The number of aliphatic hydroxyl groups is 2. The monoisotopic (exact) mass is 501 g/mol. The Labute approximate surface area is 210 Å². The minimum Gasteiger partial charge on any atom is -0.504 e. The van der Waals surface area contributed by atoms with Crippen molar-refractivity contribution in [3.8, 4) is 0 Å². The van der Waals surface area contributed by atoms with Crippen molar-refractivity contribution in [3.05, 3.63) is 34.3 Å². The van der Waals surface area contributed by atoms with Crippen molar-refractivity contribution in [1.29, 1.82) is 0 Å². The highest BCUT2D eigenvalue weighted by molar-refractivity contribution is 6.13. The summed E-state index contributed by atoms with van der Waals surface area (Å²) >= 11 is 0. The number of carbonyl (C=O) groups excluding carboxylic acids is 3. The molecule has 196 valence electrons. The second kappa shape index (κ2) is 8.73. The Bertz CT molecular complexity index is 1100. The van der Waals surface area contributed by atoms with Crippen molar-refractivity contribution < 1.29 is 38.8 Å². The number of Topliss-reactive ketones (excluding diaryl/α,β-unsaturated/α-hetero) is 1. The fourth-order valence-electron chi connectivity index (χ4n) is 7.33. The number of ketones is 1. The molecule has 2 heterocycles. The summed E-state index contributed by atoms with van der Waals surface area (Å²) in [4.78, 5) is 41.4. The van der Waals surface area contributed by atoms with E-state index in [-0.39, 0.29) is 23.7 Å². The third-order valence-electron chi connectivity index (χ3n) is 9.11. The van der Waals surface area contributed by atoms with Crippen LogP contribution < -0.4 is 0 Å². The predicted molar refractivity (Wildman–Crippen MR) is 127 cm³/mol. The molecule has 6 atom stereocenters. The molecule has 2 aliphatic heterocycles. The molecule has 0 spiro atoms. The summed E-state index contributed by atoms with van der Waals surface area (Å²) in [5.74, 6) is -2.51. The van der Waals surface area contributed by atoms with Crippen LogP contribution in [0.5, 0.6) is 0 Å². The van der Waals surface area contributed by atoms with Crippen molar-refractivity contribution in [2.75, 3.05) is 26.8 Å². The SMILES string of the molecule is COC[C@H]1OC(=O)/C(=C\N2CCCC2)C2=C(O)C(=O)C3=C([C@H](OC(C)=O)C[C@]4(C)C(O)CC[C@@H]34)[C@]21C. The highest BCUT2D eigenvalue weighted by atomic mass is 16.6. The van der Waals surface area contributed by atoms with E-state index in [1.165, 1.54) is 14.0 Å². The molecule has 3 aliphatic carbocycles. The molecule has 9 nitrogen and oxygen atoms in total. The topological polar surface area (TPSA) is 123 Å². The van der Waals surface area contributed by atoms with Gasteiger partial charge in [-0.25, -0.2) is 4.79 Å². The Morgan fingerprint density at radius 3 is 2.56 bits per heavy atom. The van der Waals surface area contributed by atoms with Gasteiger partial charge in [0.2, 0.25) is 5.78 Å². The molecule has 1 saturated carbocycles. The fourth-order valence-corrected chi connectivity index (χ4v) is 7.33. The minimum atomic E-state index is -1.17. The predicted octanol–water partition coefficient (Wildman–Crippen LogP) is 2.35. The van der Waals surface area contributed by atoms with Crippen LogP contribution in [0.15, 0.2) is 34.3 Å². The molecular formula is C27H35NO8. The normalized spacial score (nSPS) is 39.2. The van der Waals surface area contributed by atoms with Gasteiger partial charge in [0.05, 0.1) is 23.7 Å². The molecule has 1 unspecified atom stereocenters. The average Bonchev–Trinajstić information content (AvgIpc) is 3.42. The van der Waals surface area contributed by atoms with Crippen LogP contribution in [0.25, 0.3) is 0 Å². The number of ether oxygens (including phenoxy) is 3. The molecule has 0 bridgehead atoms. The highest BCUT2D eigenvalue weighted by Crippen LogP contribution is 2.63. The van der Waals surface area contributed by atoms with Gasteiger partial charge >= 0.3 is 11.9 Å². The van der Waals surface area contributed by atoms with E-state index in [0.29, 0.717) is 30.4 Å². The summed E-state index contributed by atoms with van der Waals surface area (Å²) < 4.78 is 17.2. The van der Waals surface area contributed by atoms with Gasteiger partial charge in [0.15, 0.2) is 5.76 Å². The molecule has 0 aromatic carbocycles. The molecule has 5 aliphatic rings. The first-order chi connectivity index (χ1) is 17.0. The molecule has 36 heavy (non-hydrogen) atoms. The van der Waals surface area contributed by atoms with Gasteiger partial charge in [-0.3, -0.25) is 9.59 Å². The van der Waals surface area contributed by atoms with E-state index in [9.17, 15) is 24.6 Å². The molecule has 2 N–H and O–H groups in total. The maximum absolute atomic E-state index is 13.9. The van der Waals surface area contributed by atoms with Crippen LogP contribution in [0.2, 0.25) is 0 Å². The second-order valence-corrected chi connectivity index (χ2v) is 11.2. The summed E-state index contributed by atoms with van der Waals surface area (Å²) in [6.07, 6.45) is 2.70. The Hall–Kier alpha value is -2.65. The third-order valence-corrected chi connectivity index (χ3v) is 9.11. The zero-order valence-electron chi connectivity index (χ0n) is 21.3. The van der Waals surface area contributed by atoms with Gasteiger partial charge in [-0.15, -0.1) is 0 Å². The summed E-state index contributed by atoms with van der Waals surface area (Å²) in [5.41, 5.74) is -0.596. The van der Waals surface area contributed by atoms with Gasteiger partial charge in [0.1, 0.15) is 12.2 Å². The average molecular weight is 502 g/mol. The summed E-state index contributed by atoms with van der Waals surface area (Å²) in [5, 5.41) is 22.4. The molecule has 9 heteroatoms. The molecule has 0 radical (unpaired) electrons. The zero-order chi connectivity index (χ0) is 26.0. The summed E-state index contributed by atoms with van der Waals surface area (Å²) in [6, 6.07) is 0. The lowest BCUT2D eigenvalue weighted by Gasteiger charge is -2.54. The number of aliphatic hydroxyl groups excluding tert-OH is 2. The number of methoxy groups -OCH3 is 1. The molecule has 0 amide bonds. The first-order valence-electron chi connectivity index (χ1n) is 12.8. The van der Waals surface area contributed by atoms with E-state index in [1.807, 2.05) is 18.7 Å². The van der Waals surface area contributed by atoms with E-state index in [1.54, 1.807) is 6.20 Å². The van der Waals surface area contributed by atoms with E-state index in [0.717, 1.165) is 25.9 Å². The first-order valence-corrected chi connectivity index (χ1v) is 12.8. The largest absolute Gasteiger partial charge is 0.504 e. The van der Waals surface area contributed by atoms with Crippen LogP contribution in [-0.2, 0) is 28.6 Å². The van der Waals surface area contributed by atoms with E-state index < -0.39 is 52.6 Å². The van der Waals surface area contributed by atoms with Gasteiger partial charge < -0.3 is 29.3 Å². The van der Waals surface area contributed by atoms with Crippen LogP contribution in [0.4, 0.5) is 0 Å². The van der Waals surface area contributed by atoms with Gasteiger partial charge in [0, 0.05) is 49.9 Å². The highest BCUT2D eigenvalue weighted by Gasteiger charge is 2.64. The van der Waals surface area contributed by atoms with Gasteiger partial charge in [-0.1, -0.05) is 6.92 Å². The quantitative estimate of drug-likeness (QED) is 0.441. The maximum Gasteiger partial charge on any atom is 0.340 e. The van der Waals surface area contributed by atoms with E-state index in [2.05, 4.69) is 0 Å². The van der Waals surface area contributed by atoms with Gasteiger partial charge in [0.25, 0.3) is 0 Å². The number of hydrogen-bond acceptors (Lipinski definition) is 9.